The standard InChI is InChI=1S/C21H20N4O3/c26-20-12-28-18-8-5-13(10-16(18)24-20)21(27)22-14-6-7-17-15(11-14)23-19-4-2-1-3-9-25(17)19/h5-8,10-11H,1-4,9,12H2,(H,22,27)(H,24,26). The predicted octanol–water partition coefficient (Wildman–Crippen LogP) is 3.35. The van der Waals surface area contributed by atoms with Crippen molar-refractivity contribution in [3.05, 3.63) is 47.8 Å². The van der Waals surface area contributed by atoms with Crippen LogP contribution in [0.3, 0.4) is 0 Å². The highest BCUT2D eigenvalue weighted by atomic mass is 16.5. The molecule has 0 aliphatic carbocycles. The van der Waals surface area contributed by atoms with Crippen molar-refractivity contribution in [3.8, 4) is 5.75 Å². The number of hydrogen-bond donors (Lipinski definition) is 2. The Hall–Kier alpha value is -3.35. The highest BCUT2D eigenvalue weighted by Crippen LogP contribution is 2.29. The number of nitrogens with zero attached hydrogens (tertiary/aromatic N) is 2. The summed E-state index contributed by atoms with van der Waals surface area (Å²) in [4.78, 5) is 28.9. The number of carbonyl (C=O) groups excluding carboxylic acids is 2. The second-order valence-electron chi connectivity index (χ2n) is 7.20. The second kappa shape index (κ2) is 6.67. The SMILES string of the molecule is O=C1COc2ccc(C(=O)Nc3ccc4c(c3)nc3n4CCCCC3)cc2N1. The Bertz CT molecular complexity index is 1100. The van der Waals surface area contributed by atoms with E-state index in [9.17, 15) is 9.59 Å². The van der Waals surface area contributed by atoms with E-state index < -0.39 is 0 Å². The van der Waals surface area contributed by atoms with Gasteiger partial charge in [0.05, 0.1) is 16.7 Å². The summed E-state index contributed by atoms with van der Waals surface area (Å²) in [7, 11) is 0. The Labute approximate surface area is 161 Å². The third-order valence-electron chi connectivity index (χ3n) is 5.24. The molecule has 3 aromatic rings. The van der Waals surface area contributed by atoms with Crippen molar-refractivity contribution >= 4 is 34.2 Å². The van der Waals surface area contributed by atoms with E-state index in [0.717, 1.165) is 29.8 Å². The van der Waals surface area contributed by atoms with Crippen molar-refractivity contribution in [2.75, 3.05) is 17.2 Å². The smallest absolute Gasteiger partial charge is 0.262 e. The monoisotopic (exact) mass is 376 g/mol. The summed E-state index contributed by atoms with van der Waals surface area (Å²) in [6.07, 6.45) is 4.59. The molecular weight excluding hydrogens is 356 g/mol. The molecule has 0 saturated carbocycles. The Morgan fingerprint density at radius 2 is 2.07 bits per heavy atom. The molecule has 0 unspecified atom stereocenters. The maximum Gasteiger partial charge on any atom is 0.262 e. The minimum Gasteiger partial charge on any atom is -0.482 e. The zero-order valence-electron chi connectivity index (χ0n) is 15.3. The number of anilines is 2. The molecule has 7 nitrogen and oxygen atoms in total. The Morgan fingerprint density at radius 1 is 1.14 bits per heavy atom. The quantitative estimate of drug-likeness (QED) is 0.718. The number of nitrogens with one attached hydrogen (secondary N) is 2. The molecule has 7 heteroatoms. The van der Waals surface area contributed by atoms with E-state index in [0.29, 0.717) is 22.7 Å². The number of carbonyl (C=O) groups is 2. The van der Waals surface area contributed by atoms with Crippen LogP contribution in [0.15, 0.2) is 36.4 Å². The summed E-state index contributed by atoms with van der Waals surface area (Å²) in [6, 6.07) is 10.8. The van der Waals surface area contributed by atoms with Crippen molar-refractivity contribution in [2.45, 2.75) is 32.2 Å². The number of imidazole rings is 1. The van der Waals surface area contributed by atoms with Crippen LogP contribution in [0.4, 0.5) is 11.4 Å². The third-order valence-corrected chi connectivity index (χ3v) is 5.24. The van der Waals surface area contributed by atoms with Gasteiger partial charge in [-0.25, -0.2) is 4.98 Å². The van der Waals surface area contributed by atoms with Crippen LogP contribution in [0.5, 0.6) is 5.75 Å². The molecule has 2 amide bonds. The average Bonchev–Trinajstić information content (AvgIpc) is 2.87. The van der Waals surface area contributed by atoms with Crippen molar-refractivity contribution in [1.82, 2.24) is 9.55 Å². The first-order valence-corrected chi connectivity index (χ1v) is 9.54. The van der Waals surface area contributed by atoms with Gasteiger partial charge >= 0.3 is 0 Å². The minimum atomic E-state index is -0.247. The van der Waals surface area contributed by atoms with Gasteiger partial charge in [0.25, 0.3) is 11.8 Å². The summed E-state index contributed by atoms with van der Waals surface area (Å²) < 4.78 is 7.62. The summed E-state index contributed by atoms with van der Waals surface area (Å²) >= 11 is 0. The summed E-state index contributed by atoms with van der Waals surface area (Å²) in [5.41, 5.74) is 3.68. The van der Waals surface area contributed by atoms with Crippen LogP contribution >= 0.6 is 0 Å². The fourth-order valence-corrected chi connectivity index (χ4v) is 3.86. The molecule has 0 bridgehead atoms. The van der Waals surface area contributed by atoms with E-state index in [1.807, 2.05) is 18.2 Å². The molecular formula is C21H20N4O3. The highest BCUT2D eigenvalue weighted by molar-refractivity contribution is 6.06. The number of aryl methyl sites for hydroxylation is 2. The van der Waals surface area contributed by atoms with Gasteiger partial charge in [0.15, 0.2) is 6.61 Å². The third kappa shape index (κ3) is 2.98. The van der Waals surface area contributed by atoms with Crippen LogP contribution in [0, 0.1) is 0 Å². The predicted molar refractivity (Wildman–Crippen MR) is 106 cm³/mol. The highest BCUT2D eigenvalue weighted by Gasteiger charge is 2.18. The molecule has 2 aliphatic heterocycles. The van der Waals surface area contributed by atoms with Crippen molar-refractivity contribution < 1.29 is 14.3 Å². The van der Waals surface area contributed by atoms with Crippen molar-refractivity contribution in [2.24, 2.45) is 0 Å². The number of amides is 2. The van der Waals surface area contributed by atoms with Crippen LogP contribution in [-0.2, 0) is 17.8 Å². The maximum absolute atomic E-state index is 12.7. The van der Waals surface area contributed by atoms with Gasteiger partial charge in [-0.15, -0.1) is 0 Å². The van der Waals surface area contributed by atoms with Gasteiger partial charge in [0.1, 0.15) is 11.6 Å². The van der Waals surface area contributed by atoms with Crippen LogP contribution in [0.2, 0.25) is 0 Å². The number of hydrogen-bond acceptors (Lipinski definition) is 4. The van der Waals surface area contributed by atoms with Gasteiger partial charge in [-0.2, -0.15) is 0 Å². The number of rotatable bonds is 2. The van der Waals surface area contributed by atoms with Crippen LogP contribution in [0.1, 0.15) is 35.4 Å². The van der Waals surface area contributed by atoms with E-state index >= 15 is 0 Å². The first-order valence-electron chi connectivity index (χ1n) is 9.54. The zero-order valence-corrected chi connectivity index (χ0v) is 15.3. The number of benzene rings is 2. The molecule has 1 aromatic heterocycles. The average molecular weight is 376 g/mol. The summed E-state index contributed by atoms with van der Waals surface area (Å²) in [5.74, 6) is 1.22. The van der Waals surface area contributed by atoms with Gasteiger partial charge in [-0.3, -0.25) is 9.59 Å². The lowest BCUT2D eigenvalue weighted by molar-refractivity contribution is -0.118. The molecule has 0 fully saturated rings. The fourth-order valence-electron chi connectivity index (χ4n) is 3.86. The van der Waals surface area contributed by atoms with Crippen LogP contribution in [-0.4, -0.2) is 28.0 Å². The topological polar surface area (TPSA) is 85.2 Å². The summed E-state index contributed by atoms with van der Waals surface area (Å²) in [5, 5.41) is 5.64. The fraction of sp³-hybridized carbons (Fsp3) is 0.286. The Balaban J connectivity index is 1.40. The largest absolute Gasteiger partial charge is 0.482 e. The normalized spacial score (nSPS) is 15.8. The zero-order chi connectivity index (χ0) is 19.1. The molecule has 28 heavy (non-hydrogen) atoms. The minimum absolute atomic E-state index is 0.00675. The van der Waals surface area contributed by atoms with Crippen molar-refractivity contribution in [3.63, 3.8) is 0 Å². The Morgan fingerprint density at radius 3 is 3.00 bits per heavy atom. The van der Waals surface area contributed by atoms with E-state index in [2.05, 4.69) is 15.2 Å². The van der Waals surface area contributed by atoms with E-state index in [1.54, 1.807) is 18.2 Å². The lowest BCUT2D eigenvalue weighted by Crippen LogP contribution is -2.25. The molecule has 2 N–H and O–H groups in total. The first-order chi connectivity index (χ1) is 13.7. The van der Waals surface area contributed by atoms with E-state index in [4.69, 9.17) is 9.72 Å². The second-order valence-corrected chi connectivity index (χ2v) is 7.20. The Kier molecular flexibility index (Phi) is 4.00. The molecule has 0 radical (unpaired) electrons. The van der Waals surface area contributed by atoms with E-state index in [-0.39, 0.29) is 18.4 Å². The molecule has 0 saturated heterocycles. The maximum atomic E-state index is 12.7. The van der Waals surface area contributed by atoms with E-state index in [1.165, 1.54) is 19.3 Å². The lowest BCUT2D eigenvalue weighted by Gasteiger charge is -2.18. The first kappa shape index (κ1) is 16.8. The number of fused-ring (bicyclic) bond motifs is 4. The molecule has 2 aromatic carbocycles. The van der Waals surface area contributed by atoms with Gasteiger partial charge in [0, 0.05) is 24.2 Å². The molecule has 2 aliphatic rings. The molecule has 0 atom stereocenters. The number of ether oxygens (including phenoxy) is 1. The molecule has 3 heterocycles. The molecule has 0 spiro atoms. The van der Waals surface area contributed by atoms with Gasteiger partial charge in [-0.05, 0) is 49.2 Å². The van der Waals surface area contributed by atoms with Crippen LogP contribution in [0.25, 0.3) is 11.0 Å². The number of aromatic nitrogens is 2. The van der Waals surface area contributed by atoms with Crippen LogP contribution < -0.4 is 15.4 Å². The lowest BCUT2D eigenvalue weighted by atomic mass is 10.1. The molecule has 5 rings (SSSR count). The van der Waals surface area contributed by atoms with Crippen molar-refractivity contribution in [1.29, 1.82) is 0 Å². The van der Waals surface area contributed by atoms with Gasteiger partial charge < -0.3 is 19.9 Å². The van der Waals surface area contributed by atoms with Gasteiger partial charge in [0.2, 0.25) is 0 Å². The summed E-state index contributed by atoms with van der Waals surface area (Å²) in [6.45, 7) is 0.994. The van der Waals surface area contributed by atoms with Gasteiger partial charge in [-0.1, -0.05) is 6.42 Å². The molecule has 142 valence electrons.